The Hall–Kier alpha value is -3.08. The Kier molecular flexibility index (Phi) is 3.81. The average Bonchev–Trinajstić information content (AvgIpc) is 2.61. The molecule has 0 atom stereocenters. The fourth-order valence-electron chi connectivity index (χ4n) is 1.59. The van der Waals surface area contributed by atoms with Crippen molar-refractivity contribution in [3.8, 4) is 11.8 Å². The van der Waals surface area contributed by atoms with Crippen LogP contribution in [0.5, 0.6) is 5.75 Å². The van der Waals surface area contributed by atoms with E-state index in [-0.39, 0.29) is 11.6 Å². The Bertz CT molecular complexity index is 631. The number of nitriles is 1. The molecule has 2 rings (SSSR count). The zero-order valence-electron chi connectivity index (χ0n) is 10.4. The molecule has 1 heterocycles. The molecule has 1 aliphatic heterocycles. The fraction of sp³-hybridized carbons (Fsp3) is 0.167. The number of hydrogen-bond donors (Lipinski definition) is 4. The number of rotatable bonds is 3. The van der Waals surface area contributed by atoms with Crippen LogP contribution >= 0.6 is 0 Å². The molecule has 0 unspecified atom stereocenters. The van der Waals surface area contributed by atoms with Crippen molar-refractivity contribution < 1.29 is 9.53 Å². The van der Waals surface area contributed by atoms with E-state index in [1.54, 1.807) is 24.3 Å². The second-order valence-corrected chi connectivity index (χ2v) is 3.91. The molecule has 0 saturated carbocycles. The molecule has 102 valence electrons. The van der Waals surface area contributed by atoms with Crippen molar-refractivity contribution in [2.45, 2.75) is 0 Å². The van der Waals surface area contributed by atoms with Crippen LogP contribution in [-0.2, 0) is 0 Å². The number of amidine groups is 1. The maximum Gasteiger partial charge on any atom is 0.255 e. The number of carbonyl (C=O) groups excluding carboxylic acids is 1. The summed E-state index contributed by atoms with van der Waals surface area (Å²) in [6.45, 7) is 0.851. The number of benzene rings is 1. The third-order valence-corrected chi connectivity index (χ3v) is 2.53. The predicted octanol–water partition coefficient (Wildman–Crippen LogP) is 0.0362. The first-order chi connectivity index (χ1) is 9.61. The summed E-state index contributed by atoms with van der Waals surface area (Å²) in [4.78, 5) is 11.8. The van der Waals surface area contributed by atoms with Gasteiger partial charge in [0, 0.05) is 0 Å². The van der Waals surface area contributed by atoms with Gasteiger partial charge in [-0.3, -0.25) is 15.6 Å². The SMILES string of the molecule is N#C/C(=N\Nc1ccc2c(c1)C(=O)NCCO2)C(=N)N. The zero-order chi connectivity index (χ0) is 14.5. The summed E-state index contributed by atoms with van der Waals surface area (Å²) in [6, 6.07) is 6.52. The van der Waals surface area contributed by atoms with E-state index in [4.69, 9.17) is 21.1 Å². The van der Waals surface area contributed by atoms with Crippen molar-refractivity contribution in [2.24, 2.45) is 10.8 Å². The van der Waals surface area contributed by atoms with Gasteiger partial charge in [-0.2, -0.15) is 10.4 Å². The Morgan fingerprint density at radius 3 is 3.10 bits per heavy atom. The third-order valence-electron chi connectivity index (χ3n) is 2.53. The van der Waals surface area contributed by atoms with Crippen LogP contribution in [-0.4, -0.2) is 30.6 Å². The molecular weight excluding hydrogens is 260 g/mol. The summed E-state index contributed by atoms with van der Waals surface area (Å²) < 4.78 is 5.41. The van der Waals surface area contributed by atoms with E-state index in [1.165, 1.54) is 0 Å². The molecule has 1 amide bonds. The highest BCUT2D eigenvalue weighted by Gasteiger charge is 2.16. The van der Waals surface area contributed by atoms with Gasteiger partial charge in [0.25, 0.3) is 5.91 Å². The lowest BCUT2D eigenvalue weighted by Crippen LogP contribution is -2.24. The summed E-state index contributed by atoms with van der Waals surface area (Å²) >= 11 is 0. The van der Waals surface area contributed by atoms with E-state index in [0.717, 1.165) is 0 Å². The molecule has 0 aromatic heterocycles. The number of ether oxygens (including phenoxy) is 1. The molecular formula is C12H12N6O2. The number of nitrogens with zero attached hydrogens (tertiary/aromatic N) is 2. The number of hydrazone groups is 1. The summed E-state index contributed by atoms with van der Waals surface area (Å²) in [5.74, 6) is -0.186. The lowest BCUT2D eigenvalue weighted by molar-refractivity contribution is 0.0957. The van der Waals surface area contributed by atoms with Crippen LogP contribution < -0.4 is 21.2 Å². The van der Waals surface area contributed by atoms with Gasteiger partial charge in [0.05, 0.1) is 17.8 Å². The normalized spacial score (nSPS) is 14.2. The van der Waals surface area contributed by atoms with Crippen LogP contribution in [0.1, 0.15) is 10.4 Å². The van der Waals surface area contributed by atoms with Crippen molar-refractivity contribution in [3.63, 3.8) is 0 Å². The van der Waals surface area contributed by atoms with Gasteiger partial charge in [0.15, 0.2) is 5.84 Å². The minimum Gasteiger partial charge on any atom is -0.491 e. The summed E-state index contributed by atoms with van der Waals surface area (Å²) in [5.41, 5.74) is 8.38. The van der Waals surface area contributed by atoms with E-state index in [1.807, 2.05) is 0 Å². The number of hydrogen-bond acceptors (Lipinski definition) is 6. The molecule has 0 bridgehead atoms. The first-order valence-electron chi connectivity index (χ1n) is 5.75. The monoisotopic (exact) mass is 272 g/mol. The molecule has 0 saturated heterocycles. The molecule has 0 fully saturated rings. The van der Waals surface area contributed by atoms with Crippen molar-refractivity contribution in [1.29, 1.82) is 10.7 Å². The third kappa shape index (κ3) is 2.84. The van der Waals surface area contributed by atoms with Gasteiger partial charge < -0.3 is 15.8 Å². The van der Waals surface area contributed by atoms with Gasteiger partial charge >= 0.3 is 0 Å². The minimum atomic E-state index is -0.434. The number of carbonyl (C=O) groups is 1. The van der Waals surface area contributed by atoms with Crippen LogP contribution in [0.15, 0.2) is 23.3 Å². The highest BCUT2D eigenvalue weighted by atomic mass is 16.5. The van der Waals surface area contributed by atoms with Gasteiger partial charge in [0.2, 0.25) is 5.71 Å². The summed E-state index contributed by atoms with van der Waals surface area (Å²) in [5, 5.41) is 22.2. The summed E-state index contributed by atoms with van der Waals surface area (Å²) in [6.07, 6.45) is 0. The molecule has 8 nitrogen and oxygen atoms in total. The quantitative estimate of drug-likeness (QED) is 0.350. The first-order valence-corrected chi connectivity index (χ1v) is 5.75. The second kappa shape index (κ2) is 5.71. The van der Waals surface area contributed by atoms with E-state index in [0.29, 0.717) is 30.2 Å². The molecule has 8 heteroatoms. The maximum absolute atomic E-state index is 11.8. The van der Waals surface area contributed by atoms with Crippen LogP contribution in [0.25, 0.3) is 0 Å². The van der Waals surface area contributed by atoms with E-state index < -0.39 is 5.84 Å². The van der Waals surface area contributed by atoms with Crippen LogP contribution in [0, 0.1) is 16.7 Å². The molecule has 1 aromatic rings. The Morgan fingerprint density at radius 2 is 2.40 bits per heavy atom. The molecule has 0 spiro atoms. The second-order valence-electron chi connectivity index (χ2n) is 3.91. The standard InChI is InChI=1S/C12H12N6O2/c13-6-9(11(14)15)18-17-7-1-2-10-8(5-7)12(19)16-3-4-20-10/h1-2,5,17H,3-4H2,(H3,14,15)(H,16,19)/b18-9+. The van der Waals surface area contributed by atoms with Crippen LogP contribution in [0.4, 0.5) is 5.69 Å². The number of amides is 1. The highest BCUT2D eigenvalue weighted by molar-refractivity contribution is 6.45. The first kappa shape index (κ1) is 13.4. The fourth-order valence-corrected chi connectivity index (χ4v) is 1.59. The van der Waals surface area contributed by atoms with Gasteiger partial charge in [-0.05, 0) is 18.2 Å². The largest absolute Gasteiger partial charge is 0.491 e. The van der Waals surface area contributed by atoms with Crippen molar-refractivity contribution in [1.82, 2.24) is 5.32 Å². The molecule has 0 radical (unpaired) electrons. The van der Waals surface area contributed by atoms with Gasteiger partial charge in [0.1, 0.15) is 18.4 Å². The predicted molar refractivity (Wildman–Crippen MR) is 72.9 cm³/mol. The van der Waals surface area contributed by atoms with Crippen LogP contribution in [0.3, 0.4) is 0 Å². The number of nitrogens with one attached hydrogen (secondary N) is 3. The lowest BCUT2D eigenvalue weighted by atomic mass is 10.1. The van der Waals surface area contributed by atoms with Gasteiger partial charge in [-0.1, -0.05) is 0 Å². The Balaban J connectivity index is 2.25. The molecule has 20 heavy (non-hydrogen) atoms. The van der Waals surface area contributed by atoms with Gasteiger partial charge in [-0.15, -0.1) is 0 Å². The van der Waals surface area contributed by atoms with Crippen molar-refractivity contribution >= 4 is 23.1 Å². The zero-order valence-corrected chi connectivity index (χ0v) is 10.4. The highest BCUT2D eigenvalue weighted by Crippen LogP contribution is 2.24. The van der Waals surface area contributed by atoms with Crippen molar-refractivity contribution in [3.05, 3.63) is 23.8 Å². The van der Waals surface area contributed by atoms with E-state index in [2.05, 4.69) is 15.8 Å². The topological polar surface area (TPSA) is 136 Å². The maximum atomic E-state index is 11.8. The Morgan fingerprint density at radius 1 is 1.60 bits per heavy atom. The average molecular weight is 272 g/mol. The number of fused-ring (bicyclic) bond motifs is 1. The molecule has 0 aliphatic carbocycles. The summed E-state index contributed by atoms with van der Waals surface area (Å²) in [7, 11) is 0. The molecule has 1 aromatic carbocycles. The van der Waals surface area contributed by atoms with E-state index in [9.17, 15) is 4.79 Å². The van der Waals surface area contributed by atoms with Crippen molar-refractivity contribution in [2.75, 3.05) is 18.6 Å². The molecule has 5 N–H and O–H groups in total. The Labute approximate surface area is 114 Å². The minimum absolute atomic E-state index is 0.236. The van der Waals surface area contributed by atoms with Crippen LogP contribution in [0.2, 0.25) is 0 Å². The number of nitrogens with two attached hydrogens (primary N) is 1. The van der Waals surface area contributed by atoms with E-state index >= 15 is 0 Å². The molecule has 1 aliphatic rings. The smallest absolute Gasteiger partial charge is 0.255 e. The number of anilines is 1. The van der Waals surface area contributed by atoms with Gasteiger partial charge in [-0.25, -0.2) is 0 Å². The lowest BCUT2D eigenvalue weighted by Gasteiger charge is -2.07.